The van der Waals surface area contributed by atoms with Crippen molar-refractivity contribution in [2.75, 3.05) is 0 Å². The average Bonchev–Trinajstić information content (AvgIpc) is 2.97. The minimum absolute atomic E-state index is 0.291. The summed E-state index contributed by atoms with van der Waals surface area (Å²) in [6.07, 6.45) is 4.23. The topological polar surface area (TPSA) is 75.3 Å². The van der Waals surface area contributed by atoms with E-state index in [1.165, 1.54) is 12.8 Å². The Morgan fingerprint density at radius 1 is 1.43 bits per heavy atom. The Labute approximate surface area is 83.9 Å². The molecule has 0 heterocycles. The standard InChI is InChI=1S/C10H18N2O2/c11-8(5-6-1-2-6)9(13)10(14)12-7-3-4-7/h6-9,13H,1-5,11H2,(H,12,14)/t8?,9-/m0/s1. The predicted molar refractivity (Wildman–Crippen MR) is 52.5 cm³/mol. The summed E-state index contributed by atoms with van der Waals surface area (Å²) < 4.78 is 0. The monoisotopic (exact) mass is 198 g/mol. The Morgan fingerprint density at radius 3 is 2.57 bits per heavy atom. The molecule has 2 rings (SSSR count). The van der Waals surface area contributed by atoms with Crippen molar-refractivity contribution in [1.82, 2.24) is 5.32 Å². The van der Waals surface area contributed by atoms with E-state index in [1.807, 2.05) is 0 Å². The smallest absolute Gasteiger partial charge is 0.250 e. The van der Waals surface area contributed by atoms with Crippen LogP contribution in [-0.4, -0.2) is 29.2 Å². The summed E-state index contributed by atoms with van der Waals surface area (Å²) in [6.45, 7) is 0. The Bertz CT molecular complexity index is 224. The number of rotatable bonds is 5. The second kappa shape index (κ2) is 3.87. The van der Waals surface area contributed by atoms with Gasteiger partial charge in [0.2, 0.25) is 0 Å². The lowest BCUT2D eigenvalue weighted by molar-refractivity contribution is -0.130. The number of aliphatic hydroxyl groups excluding tert-OH is 1. The normalized spacial score (nSPS) is 25.6. The van der Waals surface area contributed by atoms with Gasteiger partial charge < -0.3 is 16.2 Å². The van der Waals surface area contributed by atoms with Gasteiger partial charge in [-0.2, -0.15) is 0 Å². The van der Waals surface area contributed by atoms with E-state index in [0.29, 0.717) is 12.0 Å². The molecule has 0 aromatic heterocycles. The number of hydrogen-bond donors (Lipinski definition) is 3. The van der Waals surface area contributed by atoms with Gasteiger partial charge in [-0.25, -0.2) is 0 Å². The van der Waals surface area contributed by atoms with Crippen LogP contribution in [0.4, 0.5) is 0 Å². The first-order valence-electron chi connectivity index (χ1n) is 5.41. The maximum absolute atomic E-state index is 11.4. The Balaban J connectivity index is 1.72. The summed E-state index contributed by atoms with van der Waals surface area (Å²) in [5.41, 5.74) is 5.74. The van der Waals surface area contributed by atoms with E-state index in [-0.39, 0.29) is 11.9 Å². The van der Waals surface area contributed by atoms with Crippen molar-refractivity contribution in [1.29, 1.82) is 0 Å². The first-order chi connectivity index (χ1) is 6.66. The molecule has 2 aliphatic carbocycles. The van der Waals surface area contributed by atoms with Crippen LogP contribution in [0.15, 0.2) is 0 Å². The minimum atomic E-state index is -1.02. The van der Waals surface area contributed by atoms with Gasteiger partial charge in [-0.05, 0) is 25.2 Å². The Hall–Kier alpha value is -0.610. The summed E-state index contributed by atoms with van der Waals surface area (Å²) in [5, 5.41) is 12.4. The van der Waals surface area contributed by atoms with Crippen molar-refractivity contribution < 1.29 is 9.90 Å². The molecule has 0 radical (unpaired) electrons. The van der Waals surface area contributed by atoms with Crippen LogP contribution >= 0.6 is 0 Å². The molecule has 2 atom stereocenters. The largest absolute Gasteiger partial charge is 0.382 e. The fourth-order valence-electron chi connectivity index (χ4n) is 1.58. The highest BCUT2D eigenvalue weighted by Gasteiger charge is 2.32. The quantitative estimate of drug-likeness (QED) is 0.570. The Kier molecular flexibility index (Phi) is 2.74. The average molecular weight is 198 g/mol. The highest BCUT2D eigenvalue weighted by molar-refractivity contribution is 5.81. The van der Waals surface area contributed by atoms with E-state index in [9.17, 15) is 9.90 Å². The van der Waals surface area contributed by atoms with Crippen molar-refractivity contribution in [2.45, 2.75) is 50.3 Å². The summed E-state index contributed by atoms with van der Waals surface area (Å²) in [5.74, 6) is 0.356. The van der Waals surface area contributed by atoms with Crippen LogP contribution in [-0.2, 0) is 4.79 Å². The number of carbonyl (C=O) groups is 1. The molecule has 80 valence electrons. The molecule has 0 aliphatic heterocycles. The minimum Gasteiger partial charge on any atom is -0.382 e. The number of nitrogens with two attached hydrogens (primary N) is 1. The van der Waals surface area contributed by atoms with Gasteiger partial charge >= 0.3 is 0 Å². The fourth-order valence-corrected chi connectivity index (χ4v) is 1.58. The van der Waals surface area contributed by atoms with Gasteiger partial charge in [-0.3, -0.25) is 4.79 Å². The van der Waals surface area contributed by atoms with Crippen LogP contribution in [0.1, 0.15) is 32.1 Å². The summed E-state index contributed by atoms with van der Waals surface area (Å²) in [4.78, 5) is 11.4. The maximum Gasteiger partial charge on any atom is 0.250 e. The molecular weight excluding hydrogens is 180 g/mol. The van der Waals surface area contributed by atoms with Gasteiger partial charge in [-0.1, -0.05) is 12.8 Å². The van der Waals surface area contributed by atoms with Gasteiger partial charge in [0.15, 0.2) is 0 Å². The SMILES string of the molecule is NC(CC1CC1)[C@H](O)C(=O)NC1CC1. The molecule has 0 bridgehead atoms. The molecule has 2 fully saturated rings. The maximum atomic E-state index is 11.4. The molecule has 1 amide bonds. The van der Waals surface area contributed by atoms with Crippen LogP contribution in [0.5, 0.6) is 0 Å². The summed E-state index contributed by atoms with van der Waals surface area (Å²) in [7, 11) is 0. The number of amides is 1. The second-order valence-corrected chi connectivity index (χ2v) is 4.57. The van der Waals surface area contributed by atoms with Crippen LogP contribution in [0.25, 0.3) is 0 Å². The second-order valence-electron chi connectivity index (χ2n) is 4.57. The van der Waals surface area contributed by atoms with Gasteiger partial charge in [0.1, 0.15) is 6.10 Å². The molecule has 14 heavy (non-hydrogen) atoms. The number of hydrogen-bond acceptors (Lipinski definition) is 3. The van der Waals surface area contributed by atoms with E-state index in [4.69, 9.17) is 5.73 Å². The molecule has 0 aromatic rings. The lowest BCUT2D eigenvalue weighted by Gasteiger charge is -2.17. The Morgan fingerprint density at radius 2 is 2.07 bits per heavy atom. The van der Waals surface area contributed by atoms with Gasteiger partial charge in [0, 0.05) is 12.1 Å². The molecule has 4 heteroatoms. The summed E-state index contributed by atoms with van der Waals surface area (Å²) >= 11 is 0. The highest BCUT2D eigenvalue weighted by atomic mass is 16.3. The van der Waals surface area contributed by atoms with Crippen molar-refractivity contribution in [3.8, 4) is 0 Å². The van der Waals surface area contributed by atoms with E-state index >= 15 is 0 Å². The summed E-state index contributed by atoms with van der Waals surface area (Å²) in [6, 6.07) is -0.0912. The number of nitrogens with one attached hydrogen (secondary N) is 1. The zero-order valence-corrected chi connectivity index (χ0v) is 8.28. The van der Waals surface area contributed by atoms with Gasteiger partial charge in [0.05, 0.1) is 0 Å². The molecule has 4 N–H and O–H groups in total. The molecule has 0 saturated heterocycles. The first-order valence-corrected chi connectivity index (χ1v) is 5.41. The van der Waals surface area contributed by atoms with Crippen molar-refractivity contribution in [3.05, 3.63) is 0 Å². The molecule has 1 unspecified atom stereocenters. The van der Waals surface area contributed by atoms with Crippen LogP contribution < -0.4 is 11.1 Å². The highest BCUT2D eigenvalue weighted by Crippen LogP contribution is 2.33. The van der Waals surface area contributed by atoms with Gasteiger partial charge in [0.25, 0.3) is 5.91 Å². The van der Waals surface area contributed by atoms with E-state index in [1.54, 1.807) is 0 Å². The van der Waals surface area contributed by atoms with Crippen LogP contribution in [0.3, 0.4) is 0 Å². The molecule has 2 saturated carbocycles. The van der Waals surface area contributed by atoms with E-state index in [0.717, 1.165) is 19.3 Å². The lowest BCUT2D eigenvalue weighted by atomic mass is 10.0. The molecule has 4 nitrogen and oxygen atoms in total. The molecule has 2 aliphatic rings. The molecular formula is C10H18N2O2. The van der Waals surface area contributed by atoms with E-state index < -0.39 is 6.10 Å². The predicted octanol–water partition coefficient (Wildman–Crippen LogP) is -0.247. The molecule has 0 spiro atoms. The third-order valence-corrected chi connectivity index (χ3v) is 2.90. The van der Waals surface area contributed by atoms with Crippen molar-refractivity contribution >= 4 is 5.91 Å². The third-order valence-electron chi connectivity index (χ3n) is 2.90. The van der Waals surface area contributed by atoms with Gasteiger partial charge in [-0.15, -0.1) is 0 Å². The number of aliphatic hydroxyl groups is 1. The van der Waals surface area contributed by atoms with Crippen molar-refractivity contribution in [3.63, 3.8) is 0 Å². The first kappa shape index (κ1) is 9.93. The van der Waals surface area contributed by atoms with Crippen LogP contribution in [0.2, 0.25) is 0 Å². The molecule has 0 aromatic carbocycles. The zero-order chi connectivity index (χ0) is 10.1. The lowest BCUT2D eigenvalue weighted by Crippen LogP contribution is -2.47. The van der Waals surface area contributed by atoms with Crippen LogP contribution in [0, 0.1) is 5.92 Å². The fraction of sp³-hybridized carbons (Fsp3) is 0.900. The third kappa shape index (κ3) is 2.69. The van der Waals surface area contributed by atoms with E-state index in [2.05, 4.69) is 5.32 Å². The van der Waals surface area contributed by atoms with Crippen molar-refractivity contribution in [2.24, 2.45) is 11.7 Å². The zero-order valence-electron chi connectivity index (χ0n) is 8.28. The number of carbonyl (C=O) groups excluding carboxylic acids is 1.